The van der Waals surface area contributed by atoms with Gasteiger partial charge in [-0.1, -0.05) is 0 Å². The minimum absolute atomic E-state index is 0.242. The molecule has 0 unspecified atom stereocenters. The topological polar surface area (TPSA) is 66.4 Å². The van der Waals surface area contributed by atoms with E-state index >= 15 is 0 Å². The van der Waals surface area contributed by atoms with E-state index in [1.165, 1.54) is 0 Å². The van der Waals surface area contributed by atoms with E-state index in [0.29, 0.717) is 6.42 Å². The molecule has 0 N–H and O–H groups in total. The van der Waals surface area contributed by atoms with Crippen molar-refractivity contribution in [3.05, 3.63) is 0 Å². The highest BCUT2D eigenvalue weighted by Crippen LogP contribution is 2.12. The zero-order valence-corrected chi connectivity index (χ0v) is 9.96. The minimum atomic E-state index is -4.05. The van der Waals surface area contributed by atoms with Crippen molar-refractivity contribution in [3.8, 4) is 0 Å². The van der Waals surface area contributed by atoms with E-state index in [0.717, 1.165) is 43.9 Å². The van der Waals surface area contributed by atoms with E-state index in [1.807, 2.05) is 0 Å². The highest BCUT2D eigenvalue weighted by atomic mass is 32.2. The maximum absolute atomic E-state index is 10.5. The molecule has 0 radical (unpaired) electrons. The van der Waals surface area contributed by atoms with Gasteiger partial charge in [-0.3, -0.25) is 0 Å². The Hall–Kier alpha value is -0.170. The Kier molecular flexibility index (Phi) is 4.51. The molecular formula is C9H19NO4S. The van der Waals surface area contributed by atoms with Gasteiger partial charge < -0.3 is 13.8 Å². The van der Waals surface area contributed by atoms with Gasteiger partial charge in [0.05, 0.1) is 36.4 Å². The van der Waals surface area contributed by atoms with Crippen LogP contribution in [0.1, 0.15) is 13.3 Å². The molecule has 0 atom stereocenters. The van der Waals surface area contributed by atoms with Crippen molar-refractivity contribution in [1.82, 2.24) is 0 Å². The van der Waals surface area contributed by atoms with Crippen LogP contribution in [0.5, 0.6) is 0 Å². The van der Waals surface area contributed by atoms with Gasteiger partial charge in [0.25, 0.3) is 0 Å². The van der Waals surface area contributed by atoms with Crippen molar-refractivity contribution in [2.24, 2.45) is 0 Å². The molecule has 90 valence electrons. The van der Waals surface area contributed by atoms with Crippen LogP contribution in [0.15, 0.2) is 0 Å². The second-order valence-corrected chi connectivity index (χ2v) is 5.58. The SMILES string of the molecule is CC[N+]1(CCCS(=O)(=O)[O-])CCOCC1. The maximum Gasteiger partial charge on any atom is 0.102 e. The summed E-state index contributed by atoms with van der Waals surface area (Å²) < 4.78 is 37.6. The van der Waals surface area contributed by atoms with Gasteiger partial charge in [0.15, 0.2) is 0 Å². The van der Waals surface area contributed by atoms with Gasteiger partial charge in [-0.05, 0) is 6.92 Å². The van der Waals surface area contributed by atoms with Crippen molar-refractivity contribution in [3.63, 3.8) is 0 Å². The normalized spacial score (nSPS) is 21.5. The molecular weight excluding hydrogens is 218 g/mol. The second kappa shape index (κ2) is 5.25. The Bertz CT molecular complexity index is 282. The summed E-state index contributed by atoms with van der Waals surface area (Å²) >= 11 is 0. The summed E-state index contributed by atoms with van der Waals surface area (Å²) in [5.41, 5.74) is 0. The number of rotatable bonds is 5. The minimum Gasteiger partial charge on any atom is -0.748 e. The molecule has 1 fully saturated rings. The van der Waals surface area contributed by atoms with Gasteiger partial charge in [0.1, 0.15) is 13.1 Å². The molecule has 0 bridgehead atoms. The number of hydrogen-bond acceptors (Lipinski definition) is 4. The molecule has 1 aliphatic rings. The maximum atomic E-state index is 10.5. The Morgan fingerprint density at radius 2 is 1.93 bits per heavy atom. The molecule has 0 aromatic rings. The Balaban J connectivity index is 2.39. The van der Waals surface area contributed by atoms with Gasteiger partial charge in [-0.15, -0.1) is 0 Å². The van der Waals surface area contributed by atoms with Crippen LogP contribution in [0, 0.1) is 0 Å². The molecule has 5 nitrogen and oxygen atoms in total. The smallest absolute Gasteiger partial charge is 0.102 e. The fourth-order valence-electron chi connectivity index (χ4n) is 2.00. The average molecular weight is 237 g/mol. The van der Waals surface area contributed by atoms with Crippen LogP contribution in [-0.4, -0.2) is 62.6 Å². The highest BCUT2D eigenvalue weighted by molar-refractivity contribution is 7.85. The van der Waals surface area contributed by atoms with E-state index in [2.05, 4.69) is 6.92 Å². The fraction of sp³-hybridized carbons (Fsp3) is 1.00. The number of quaternary nitrogens is 1. The van der Waals surface area contributed by atoms with Gasteiger partial charge in [-0.2, -0.15) is 0 Å². The van der Waals surface area contributed by atoms with Gasteiger partial charge in [0.2, 0.25) is 0 Å². The molecule has 15 heavy (non-hydrogen) atoms. The zero-order valence-electron chi connectivity index (χ0n) is 9.15. The number of likely N-dealkylation sites (N-methyl/N-ethyl adjacent to an activating group) is 1. The molecule has 1 saturated heterocycles. The van der Waals surface area contributed by atoms with Gasteiger partial charge >= 0.3 is 0 Å². The molecule has 1 rings (SSSR count). The summed E-state index contributed by atoms with van der Waals surface area (Å²) in [6, 6.07) is 0. The van der Waals surface area contributed by atoms with Gasteiger partial charge in [0, 0.05) is 12.2 Å². The Morgan fingerprint density at radius 1 is 1.33 bits per heavy atom. The summed E-state index contributed by atoms with van der Waals surface area (Å²) in [6.07, 6.45) is 0.458. The summed E-state index contributed by atoms with van der Waals surface area (Å²) in [7, 11) is -4.05. The molecule has 0 saturated carbocycles. The molecule has 0 amide bonds. The van der Waals surface area contributed by atoms with Crippen molar-refractivity contribution in [2.45, 2.75) is 13.3 Å². The Morgan fingerprint density at radius 3 is 2.40 bits per heavy atom. The molecule has 0 aromatic heterocycles. The van der Waals surface area contributed by atoms with E-state index in [9.17, 15) is 13.0 Å². The number of morpholine rings is 1. The fourth-order valence-corrected chi connectivity index (χ4v) is 2.49. The number of nitrogens with zero attached hydrogens (tertiary/aromatic N) is 1. The van der Waals surface area contributed by atoms with Gasteiger partial charge in [-0.25, -0.2) is 8.42 Å². The summed E-state index contributed by atoms with van der Waals surface area (Å²) in [6.45, 7) is 7.15. The van der Waals surface area contributed by atoms with E-state index in [4.69, 9.17) is 4.74 Å². The largest absolute Gasteiger partial charge is 0.748 e. The number of hydrogen-bond donors (Lipinski definition) is 0. The monoisotopic (exact) mass is 237 g/mol. The average Bonchev–Trinajstić information content (AvgIpc) is 2.17. The first-order valence-electron chi connectivity index (χ1n) is 5.34. The first-order valence-corrected chi connectivity index (χ1v) is 6.92. The zero-order chi connectivity index (χ0) is 11.4. The lowest BCUT2D eigenvalue weighted by molar-refractivity contribution is -0.933. The first-order chi connectivity index (χ1) is 6.97. The van der Waals surface area contributed by atoms with E-state index in [1.54, 1.807) is 0 Å². The molecule has 0 spiro atoms. The van der Waals surface area contributed by atoms with E-state index < -0.39 is 10.1 Å². The Labute approximate surface area is 91.4 Å². The second-order valence-electron chi connectivity index (χ2n) is 4.06. The highest BCUT2D eigenvalue weighted by Gasteiger charge is 2.27. The van der Waals surface area contributed by atoms with Crippen molar-refractivity contribution < 1.29 is 22.2 Å². The predicted octanol–water partition coefficient (Wildman–Crippen LogP) is -0.211. The van der Waals surface area contributed by atoms with Crippen LogP contribution in [0.2, 0.25) is 0 Å². The van der Waals surface area contributed by atoms with Crippen LogP contribution in [-0.2, 0) is 14.9 Å². The summed E-state index contributed by atoms with van der Waals surface area (Å²) in [4.78, 5) is 0. The van der Waals surface area contributed by atoms with E-state index in [-0.39, 0.29) is 5.75 Å². The van der Waals surface area contributed by atoms with Crippen LogP contribution in [0.4, 0.5) is 0 Å². The third kappa shape index (κ3) is 4.46. The lowest BCUT2D eigenvalue weighted by atomic mass is 10.2. The molecule has 1 heterocycles. The molecule has 1 aliphatic heterocycles. The van der Waals surface area contributed by atoms with Crippen molar-refractivity contribution >= 4 is 10.1 Å². The van der Waals surface area contributed by atoms with Crippen molar-refractivity contribution in [2.75, 3.05) is 45.1 Å². The third-order valence-electron chi connectivity index (χ3n) is 3.12. The summed E-state index contributed by atoms with van der Waals surface area (Å²) in [5.74, 6) is -0.242. The quantitative estimate of drug-likeness (QED) is 0.490. The van der Waals surface area contributed by atoms with Crippen LogP contribution >= 0.6 is 0 Å². The predicted molar refractivity (Wildman–Crippen MR) is 55.4 cm³/mol. The molecule has 0 aliphatic carbocycles. The third-order valence-corrected chi connectivity index (χ3v) is 3.91. The lowest BCUT2D eigenvalue weighted by Gasteiger charge is -2.40. The van der Waals surface area contributed by atoms with Crippen molar-refractivity contribution in [1.29, 1.82) is 0 Å². The lowest BCUT2D eigenvalue weighted by Crippen LogP contribution is -2.55. The van der Waals surface area contributed by atoms with Crippen LogP contribution < -0.4 is 0 Å². The summed E-state index contributed by atoms with van der Waals surface area (Å²) in [5, 5.41) is 0. The molecule has 6 heteroatoms. The van der Waals surface area contributed by atoms with Crippen LogP contribution in [0.25, 0.3) is 0 Å². The first kappa shape index (κ1) is 12.9. The standard InChI is InChI=1S/C9H19NO4S/c1-2-10(5-7-14-8-6-10)4-3-9-15(11,12)13/h2-9H2,1H3. The van der Waals surface area contributed by atoms with Crippen LogP contribution in [0.3, 0.4) is 0 Å². The number of ether oxygens (including phenoxy) is 1. The molecule has 0 aromatic carbocycles.